The first-order chi connectivity index (χ1) is 16.8. The molecule has 36 heavy (non-hydrogen) atoms. The van der Waals surface area contributed by atoms with Crippen molar-refractivity contribution in [2.75, 3.05) is 22.9 Å². The molecular formula is C25H25F3N2O5S. The number of carbonyl (C=O) groups excluding carboxylic acids is 1. The van der Waals surface area contributed by atoms with Crippen molar-refractivity contribution in [3.8, 4) is 5.75 Å². The monoisotopic (exact) mass is 522 g/mol. The number of hydrogen-bond donors (Lipinski definition) is 1. The van der Waals surface area contributed by atoms with E-state index in [4.69, 9.17) is 9.47 Å². The van der Waals surface area contributed by atoms with Gasteiger partial charge in [-0.2, -0.15) is 0 Å². The Hall–Kier alpha value is -3.73. The first-order valence-electron chi connectivity index (χ1n) is 10.7. The molecule has 7 nitrogen and oxygen atoms in total. The summed E-state index contributed by atoms with van der Waals surface area (Å²) in [6, 6.07) is 11.1. The maximum Gasteiger partial charge on any atom is 0.411 e. The molecular weight excluding hydrogens is 497 g/mol. The largest absolute Gasteiger partial charge is 0.487 e. The van der Waals surface area contributed by atoms with Crippen molar-refractivity contribution in [3.05, 3.63) is 88.2 Å². The van der Waals surface area contributed by atoms with Crippen LogP contribution < -0.4 is 14.4 Å². The van der Waals surface area contributed by atoms with Crippen molar-refractivity contribution in [2.24, 2.45) is 0 Å². The molecule has 3 rings (SSSR count). The van der Waals surface area contributed by atoms with E-state index in [1.807, 2.05) is 32.0 Å². The van der Waals surface area contributed by atoms with E-state index in [-0.39, 0.29) is 29.3 Å². The lowest BCUT2D eigenvalue weighted by Crippen LogP contribution is -2.25. The highest BCUT2D eigenvalue weighted by molar-refractivity contribution is 7.92. The molecule has 0 saturated carbocycles. The summed E-state index contributed by atoms with van der Waals surface area (Å²) in [6.07, 6.45) is 0.0476. The normalized spacial score (nSPS) is 11.2. The predicted molar refractivity (Wildman–Crippen MR) is 130 cm³/mol. The van der Waals surface area contributed by atoms with Crippen molar-refractivity contribution in [1.82, 2.24) is 0 Å². The van der Waals surface area contributed by atoms with Crippen LogP contribution in [0.4, 0.5) is 29.3 Å². The summed E-state index contributed by atoms with van der Waals surface area (Å²) in [5.41, 5.74) is 3.02. The van der Waals surface area contributed by atoms with Gasteiger partial charge in [0.25, 0.3) is 0 Å². The van der Waals surface area contributed by atoms with E-state index in [0.717, 1.165) is 27.3 Å². The van der Waals surface area contributed by atoms with Gasteiger partial charge in [0.2, 0.25) is 10.0 Å². The summed E-state index contributed by atoms with van der Waals surface area (Å²) in [5.74, 6) is -3.51. The van der Waals surface area contributed by atoms with Gasteiger partial charge in [-0.05, 0) is 43.2 Å². The highest BCUT2D eigenvalue weighted by atomic mass is 32.2. The summed E-state index contributed by atoms with van der Waals surface area (Å²) in [7, 11) is -2.25. The molecule has 0 radical (unpaired) electrons. The molecule has 0 aromatic heterocycles. The molecule has 0 aliphatic heterocycles. The van der Waals surface area contributed by atoms with E-state index < -0.39 is 40.2 Å². The number of nitrogens with zero attached hydrogens (tertiary/aromatic N) is 1. The predicted octanol–water partition coefficient (Wildman–Crippen LogP) is 5.44. The highest BCUT2D eigenvalue weighted by Gasteiger charge is 2.19. The number of carbonyl (C=O) groups is 1. The summed E-state index contributed by atoms with van der Waals surface area (Å²) >= 11 is 0. The van der Waals surface area contributed by atoms with Crippen LogP contribution in [0.5, 0.6) is 5.75 Å². The van der Waals surface area contributed by atoms with E-state index in [0.29, 0.717) is 12.1 Å². The minimum Gasteiger partial charge on any atom is -0.487 e. The van der Waals surface area contributed by atoms with Gasteiger partial charge in [0, 0.05) is 30.4 Å². The van der Waals surface area contributed by atoms with Crippen molar-refractivity contribution < 1.29 is 35.9 Å². The molecule has 3 aromatic rings. The number of aryl methyl sites for hydroxylation is 2. The van der Waals surface area contributed by atoms with Crippen molar-refractivity contribution in [3.63, 3.8) is 0 Å². The molecule has 11 heteroatoms. The lowest BCUT2D eigenvalue weighted by atomic mass is 10.1. The van der Waals surface area contributed by atoms with Crippen molar-refractivity contribution in [1.29, 1.82) is 0 Å². The molecule has 0 saturated heterocycles. The first-order valence-corrected chi connectivity index (χ1v) is 12.5. The number of nitrogens with one attached hydrogen (secondary N) is 1. The number of halogens is 3. The van der Waals surface area contributed by atoms with Gasteiger partial charge in [0.15, 0.2) is 11.6 Å². The topological polar surface area (TPSA) is 84.9 Å². The fourth-order valence-corrected chi connectivity index (χ4v) is 3.74. The Balaban J connectivity index is 1.79. The maximum absolute atomic E-state index is 13.8. The van der Waals surface area contributed by atoms with Crippen LogP contribution in [0.3, 0.4) is 0 Å². The van der Waals surface area contributed by atoms with E-state index in [2.05, 4.69) is 5.32 Å². The molecule has 0 atom stereocenters. The van der Waals surface area contributed by atoms with Gasteiger partial charge in [-0.1, -0.05) is 23.8 Å². The van der Waals surface area contributed by atoms with Gasteiger partial charge in [-0.15, -0.1) is 0 Å². The zero-order valence-corrected chi connectivity index (χ0v) is 20.9. The molecule has 1 amide bonds. The smallest absolute Gasteiger partial charge is 0.411 e. The average molecular weight is 523 g/mol. The van der Waals surface area contributed by atoms with Gasteiger partial charge in [0.1, 0.15) is 24.8 Å². The number of rotatable bonds is 8. The van der Waals surface area contributed by atoms with Crippen LogP contribution in [0.15, 0.2) is 48.5 Å². The lowest BCUT2D eigenvalue weighted by molar-refractivity contribution is 0.153. The maximum atomic E-state index is 13.8. The molecule has 0 aliphatic carbocycles. The Morgan fingerprint density at radius 3 is 2.31 bits per heavy atom. The van der Waals surface area contributed by atoms with Crippen LogP contribution in [0.25, 0.3) is 0 Å². The molecule has 0 bridgehead atoms. The number of sulfonamides is 1. The summed E-state index contributed by atoms with van der Waals surface area (Å²) < 4.78 is 76.3. The number of ether oxygens (including phenoxy) is 2. The number of amides is 1. The van der Waals surface area contributed by atoms with E-state index in [9.17, 15) is 26.4 Å². The van der Waals surface area contributed by atoms with Crippen LogP contribution in [0.1, 0.15) is 22.3 Å². The Kier molecular flexibility index (Phi) is 8.13. The number of hydrogen-bond acceptors (Lipinski definition) is 5. The second-order valence-electron chi connectivity index (χ2n) is 8.19. The van der Waals surface area contributed by atoms with E-state index >= 15 is 0 Å². The summed E-state index contributed by atoms with van der Waals surface area (Å²) in [4.78, 5) is 12.2. The zero-order chi connectivity index (χ0) is 26.6. The van der Waals surface area contributed by atoms with E-state index in [1.165, 1.54) is 25.2 Å². The molecule has 1 N–H and O–H groups in total. The first kappa shape index (κ1) is 26.9. The van der Waals surface area contributed by atoms with Gasteiger partial charge < -0.3 is 9.47 Å². The molecule has 0 spiro atoms. The minimum absolute atomic E-state index is 0.140. The summed E-state index contributed by atoms with van der Waals surface area (Å²) in [5, 5.41) is 2.42. The second kappa shape index (κ2) is 10.9. The lowest BCUT2D eigenvalue weighted by Gasteiger charge is -2.21. The fourth-order valence-electron chi connectivity index (χ4n) is 3.23. The third-order valence-corrected chi connectivity index (χ3v) is 6.57. The van der Waals surface area contributed by atoms with Crippen molar-refractivity contribution in [2.45, 2.75) is 27.1 Å². The van der Waals surface area contributed by atoms with Crippen LogP contribution in [-0.2, 0) is 28.0 Å². The third kappa shape index (κ3) is 6.69. The Morgan fingerprint density at radius 2 is 1.61 bits per heavy atom. The molecule has 0 aliphatic rings. The molecule has 0 unspecified atom stereocenters. The standard InChI is InChI=1S/C25H25F3N2O5S/c1-15-5-6-16(2)17(9-15)13-34-24-11-19(7-8-23(24)30(3)36(4,32)33)29-25(31)35-14-18-10-21(27)22(28)12-20(18)26/h5-12H,13-14H2,1-4H3,(H,29,31). The Labute approximate surface area is 207 Å². The van der Waals surface area contributed by atoms with Crippen LogP contribution in [0, 0.1) is 31.3 Å². The Morgan fingerprint density at radius 1 is 0.917 bits per heavy atom. The quantitative estimate of drug-likeness (QED) is 0.398. The van der Waals surface area contributed by atoms with Gasteiger partial charge in [-0.3, -0.25) is 9.62 Å². The van der Waals surface area contributed by atoms with Crippen LogP contribution >= 0.6 is 0 Å². The Bertz CT molecular complexity index is 1400. The molecule has 3 aromatic carbocycles. The van der Waals surface area contributed by atoms with Crippen LogP contribution in [0.2, 0.25) is 0 Å². The molecule has 192 valence electrons. The summed E-state index contributed by atoms with van der Waals surface area (Å²) in [6.45, 7) is 3.36. The fraction of sp³-hybridized carbons (Fsp3) is 0.240. The number of anilines is 2. The van der Waals surface area contributed by atoms with Crippen LogP contribution in [-0.4, -0.2) is 27.8 Å². The SMILES string of the molecule is Cc1ccc(C)c(COc2cc(NC(=O)OCc3cc(F)c(F)cc3F)ccc2N(C)S(C)(=O)=O)c1. The van der Waals surface area contributed by atoms with Gasteiger partial charge in [0.05, 0.1) is 11.9 Å². The third-order valence-electron chi connectivity index (χ3n) is 5.38. The highest BCUT2D eigenvalue weighted by Crippen LogP contribution is 2.33. The zero-order valence-electron chi connectivity index (χ0n) is 20.1. The van der Waals surface area contributed by atoms with Crippen molar-refractivity contribution >= 4 is 27.5 Å². The second-order valence-corrected chi connectivity index (χ2v) is 10.2. The van der Waals surface area contributed by atoms with Gasteiger partial charge >= 0.3 is 6.09 Å². The molecule has 0 heterocycles. The average Bonchev–Trinajstić information content (AvgIpc) is 2.80. The molecule has 0 fully saturated rings. The number of benzene rings is 3. The minimum atomic E-state index is -3.61. The van der Waals surface area contributed by atoms with E-state index in [1.54, 1.807) is 0 Å². The van der Waals surface area contributed by atoms with Gasteiger partial charge in [-0.25, -0.2) is 26.4 Å².